The molecule has 0 unspecified atom stereocenters. The van der Waals surface area contributed by atoms with Crippen LogP contribution in [-0.2, 0) is 23.0 Å². The molecule has 1 fully saturated rings. The molecule has 5 rings (SSSR count). The lowest BCUT2D eigenvalue weighted by molar-refractivity contribution is 0.338. The monoisotopic (exact) mass is 401 g/mol. The molecule has 2 aromatic heterocycles. The van der Waals surface area contributed by atoms with Gasteiger partial charge in [-0.2, -0.15) is 4.31 Å². The Morgan fingerprint density at radius 1 is 1.07 bits per heavy atom. The van der Waals surface area contributed by atoms with Crippen molar-refractivity contribution >= 4 is 21.4 Å². The topological polar surface area (TPSA) is 76.3 Å². The summed E-state index contributed by atoms with van der Waals surface area (Å²) in [6, 6.07) is 11.4. The Labute approximate surface area is 161 Å². The molecule has 0 spiro atoms. The zero-order chi connectivity index (χ0) is 18.4. The Balaban J connectivity index is 1.39. The molecule has 0 radical (unpaired) electrons. The molecule has 1 aliphatic carbocycles. The zero-order valence-electron chi connectivity index (χ0n) is 14.7. The summed E-state index contributed by atoms with van der Waals surface area (Å²) in [6.07, 6.45) is 4.11. The number of fused-ring (bicyclic) bond motifs is 1. The molecule has 0 bridgehead atoms. The predicted molar refractivity (Wildman–Crippen MR) is 102 cm³/mol. The lowest BCUT2D eigenvalue weighted by atomic mass is 9.85. The van der Waals surface area contributed by atoms with Crippen molar-refractivity contribution in [3.05, 3.63) is 53.4 Å². The van der Waals surface area contributed by atoms with Gasteiger partial charge in [0.1, 0.15) is 4.21 Å². The molecular weight excluding hydrogens is 382 g/mol. The maximum absolute atomic E-state index is 13.1. The van der Waals surface area contributed by atoms with Crippen LogP contribution in [0.3, 0.4) is 0 Å². The zero-order valence-corrected chi connectivity index (χ0v) is 16.3. The summed E-state index contributed by atoms with van der Waals surface area (Å²) < 4.78 is 33.8. The number of hydrogen-bond acceptors (Lipinski definition) is 6. The second kappa shape index (κ2) is 6.54. The van der Waals surface area contributed by atoms with E-state index in [2.05, 4.69) is 16.3 Å². The highest BCUT2D eigenvalue weighted by molar-refractivity contribution is 7.91. The van der Waals surface area contributed by atoms with Gasteiger partial charge in [-0.15, -0.1) is 21.5 Å². The highest BCUT2D eigenvalue weighted by Gasteiger charge is 2.30. The van der Waals surface area contributed by atoms with Gasteiger partial charge in [-0.25, -0.2) is 8.42 Å². The molecule has 0 amide bonds. The third-order valence-electron chi connectivity index (χ3n) is 5.38. The standard InChI is InChI=1S/C19H19N3O3S2/c23-27(24,22-11-10-13-4-1-2-5-15(13)12-22)17-9-8-16(26-17)19-21-20-18(25-19)14-6-3-7-14/h1-2,4-5,8-9,14H,3,6-7,10-12H2. The van der Waals surface area contributed by atoms with Crippen LogP contribution in [-0.4, -0.2) is 29.5 Å². The van der Waals surface area contributed by atoms with Crippen molar-refractivity contribution in [1.82, 2.24) is 14.5 Å². The number of nitrogens with zero attached hydrogens (tertiary/aromatic N) is 3. The number of benzene rings is 1. The number of sulfonamides is 1. The molecule has 0 N–H and O–H groups in total. The van der Waals surface area contributed by atoms with Gasteiger partial charge in [0.05, 0.1) is 4.88 Å². The van der Waals surface area contributed by atoms with E-state index in [0.29, 0.717) is 39.9 Å². The fourth-order valence-corrected chi connectivity index (χ4v) is 6.33. The first kappa shape index (κ1) is 17.1. The maximum Gasteiger partial charge on any atom is 0.257 e. The molecule has 6 nitrogen and oxygen atoms in total. The van der Waals surface area contributed by atoms with E-state index >= 15 is 0 Å². The molecular formula is C19H19N3O3S2. The van der Waals surface area contributed by atoms with Gasteiger partial charge in [-0.1, -0.05) is 30.7 Å². The van der Waals surface area contributed by atoms with Gasteiger partial charge in [0.25, 0.3) is 15.9 Å². The minimum atomic E-state index is -3.53. The van der Waals surface area contributed by atoms with E-state index in [-0.39, 0.29) is 0 Å². The van der Waals surface area contributed by atoms with Crippen molar-refractivity contribution in [2.24, 2.45) is 0 Å². The van der Waals surface area contributed by atoms with Gasteiger partial charge in [-0.05, 0) is 42.5 Å². The molecule has 0 atom stereocenters. The quantitative estimate of drug-likeness (QED) is 0.664. The van der Waals surface area contributed by atoms with Crippen LogP contribution in [0.5, 0.6) is 0 Å². The van der Waals surface area contributed by atoms with E-state index in [0.717, 1.165) is 24.8 Å². The first-order chi connectivity index (χ1) is 13.1. The second-order valence-corrected chi connectivity index (χ2v) is 10.3. The SMILES string of the molecule is O=S(=O)(c1ccc(-c2nnc(C3CCC3)o2)s1)N1CCc2ccccc2C1. The molecule has 27 heavy (non-hydrogen) atoms. The third-order valence-corrected chi connectivity index (χ3v) is 8.76. The molecule has 0 saturated heterocycles. The van der Waals surface area contributed by atoms with Gasteiger partial charge >= 0.3 is 0 Å². The first-order valence-corrected chi connectivity index (χ1v) is 11.4. The number of aromatic nitrogens is 2. The van der Waals surface area contributed by atoms with Gasteiger partial charge in [-0.3, -0.25) is 0 Å². The molecule has 3 aromatic rings. The highest BCUT2D eigenvalue weighted by atomic mass is 32.2. The Kier molecular flexibility index (Phi) is 4.14. The van der Waals surface area contributed by atoms with Crippen LogP contribution in [0, 0.1) is 0 Å². The molecule has 1 aliphatic heterocycles. The number of thiophene rings is 1. The van der Waals surface area contributed by atoms with Gasteiger partial charge in [0, 0.05) is 19.0 Å². The Morgan fingerprint density at radius 3 is 2.67 bits per heavy atom. The molecule has 8 heteroatoms. The molecule has 1 saturated carbocycles. The van der Waals surface area contributed by atoms with E-state index in [1.54, 1.807) is 16.4 Å². The fourth-order valence-electron chi connectivity index (χ4n) is 3.53. The van der Waals surface area contributed by atoms with Crippen molar-refractivity contribution in [1.29, 1.82) is 0 Å². The summed E-state index contributed by atoms with van der Waals surface area (Å²) in [7, 11) is -3.53. The first-order valence-electron chi connectivity index (χ1n) is 9.12. The number of rotatable bonds is 4. The third kappa shape index (κ3) is 3.01. The van der Waals surface area contributed by atoms with Crippen molar-refractivity contribution in [3.63, 3.8) is 0 Å². The van der Waals surface area contributed by atoms with E-state index in [4.69, 9.17) is 4.42 Å². The van der Waals surface area contributed by atoms with Gasteiger partial charge < -0.3 is 4.42 Å². The van der Waals surface area contributed by atoms with Gasteiger partial charge in [0.2, 0.25) is 5.89 Å². The van der Waals surface area contributed by atoms with E-state index in [9.17, 15) is 8.42 Å². The highest BCUT2D eigenvalue weighted by Crippen LogP contribution is 2.38. The average molecular weight is 402 g/mol. The van der Waals surface area contributed by atoms with Crippen LogP contribution in [0.4, 0.5) is 0 Å². The normalized spacial score (nSPS) is 18.2. The summed E-state index contributed by atoms with van der Waals surface area (Å²) in [5.74, 6) is 1.44. The molecule has 140 valence electrons. The Hall–Kier alpha value is -2.03. The predicted octanol–water partition coefficient (Wildman–Crippen LogP) is 3.81. The van der Waals surface area contributed by atoms with Crippen LogP contribution < -0.4 is 0 Å². The van der Waals surface area contributed by atoms with Crippen molar-refractivity contribution in [2.75, 3.05) is 6.54 Å². The van der Waals surface area contributed by atoms with E-state index in [1.807, 2.05) is 18.2 Å². The fraction of sp³-hybridized carbons (Fsp3) is 0.368. The lowest BCUT2D eigenvalue weighted by Gasteiger charge is -2.27. The Morgan fingerprint density at radius 2 is 1.89 bits per heavy atom. The van der Waals surface area contributed by atoms with Crippen LogP contribution in [0.15, 0.2) is 45.0 Å². The average Bonchev–Trinajstić information content (AvgIpc) is 3.29. The van der Waals surface area contributed by atoms with E-state index < -0.39 is 10.0 Å². The van der Waals surface area contributed by atoms with Crippen molar-refractivity contribution in [2.45, 2.75) is 42.4 Å². The summed E-state index contributed by atoms with van der Waals surface area (Å²) in [5, 5.41) is 8.24. The van der Waals surface area contributed by atoms with Crippen LogP contribution >= 0.6 is 11.3 Å². The summed E-state index contributed by atoms with van der Waals surface area (Å²) in [6.45, 7) is 0.914. The molecule has 3 heterocycles. The van der Waals surface area contributed by atoms with Crippen molar-refractivity contribution in [3.8, 4) is 10.8 Å². The van der Waals surface area contributed by atoms with E-state index in [1.165, 1.54) is 23.3 Å². The minimum Gasteiger partial charge on any atom is -0.420 e. The lowest BCUT2D eigenvalue weighted by Crippen LogP contribution is -2.35. The van der Waals surface area contributed by atoms with Crippen molar-refractivity contribution < 1.29 is 12.8 Å². The minimum absolute atomic E-state index is 0.320. The van der Waals surface area contributed by atoms with Crippen LogP contribution in [0.25, 0.3) is 10.8 Å². The second-order valence-electron chi connectivity index (χ2n) is 7.05. The van der Waals surface area contributed by atoms with Crippen LogP contribution in [0.2, 0.25) is 0 Å². The number of hydrogen-bond donors (Lipinski definition) is 0. The summed E-state index contributed by atoms with van der Waals surface area (Å²) >= 11 is 1.19. The summed E-state index contributed by atoms with van der Waals surface area (Å²) in [5.41, 5.74) is 2.30. The smallest absolute Gasteiger partial charge is 0.257 e. The largest absolute Gasteiger partial charge is 0.420 e. The molecule has 2 aliphatic rings. The molecule has 1 aromatic carbocycles. The Bertz CT molecular complexity index is 1080. The van der Waals surface area contributed by atoms with Crippen LogP contribution in [0.1, 0.15) is 42.2 Å². The maximum atomic E-state index is 13.1. The van der Waals surface area contributed by atoms with Gasteiger partial charge in [0.15, 0.2) is 0 Å². The summed E-state index contributed by atoms with van der Waals surface area (Å²) in [4.78, 5) is 0.698.